The zero-order valence-electron chi connectivity index (χ0n) is 5.97. The molecule has 1 saturated carbocycles. The SMILES string of the molecule is CNS(=O)(=O)CC1CC1(Cl)Cl. The van der Waals surface area contributed by atoms with Crippen molar-refractivity contribution in [2.24, 2.45) is 5.92 Å². The monoisotopic (exact) mass is 217 g/mol. The Hall–Kier alpha value is 0.490. The van der Waals surface area contributed by atoms with Crippen molar-refractivity contribution in [3.05, 3.63) is 0 Å². The maximum Gasteiger partial charge on any atom is 0.211 e. The Kier molecular flexibility index (Phi) is 2.41. The summed E-state index contributed by atoms with van der Waals surface area (Å²) in [7, 11) is -1.77. The number of nitrogens with one attached hydrogen (secondary N) is 1. The second-order valence-corrected chi connectivity index (χ2v) is 6.16. The number of alkyl halides is 2. The van der Waals surface area contributed by atoms with Gasteiger partial charge in [0.05, 0.1) is 5.75 Å². The molecule has 1 atom stereocenters. The van der Waals surface area contributed by atoms with E-state index in [-0.39, 0.29) is 11.7 Å². The van der Waals surface area contributed by atoms with Gasteiger partial charge < -0.3 is 0 Å². The molecule has 6 heteroatoms. The predicted octanol–water partition coefficient (Wildman–Crippen LogP) is 0.729. The van der Waals surface area contributed by atoms with Crippen molar-refractivity contribution >= 4 is 33.2 Å². The average molecular weight is 218 g/mol. The Labute approximate surface area is 76.1 Å². The summed E-state index contributed by atoms with van der Waals surface area (Å²) in [5, 5.41) is 0. The minimum atomic E-state index is -3.15. The van der Waals surface area contributed by atoms with E-state index in [9.17, 15) is 8.42 Å². The largest absolute Gasteiger partial charge is 0.218 e. The van der Waals surface area contributed by atoms with E-state index < -0.39 is 14.4 Å². The summed E-state index contributed by atoms with van der Waals surface area (Å²) in [6.45, 7) is 0. The topological polar surface area (TPSA) is 46.2 Å². The Morgan fingerprint density at radius 2 is 2.09 bits per heavy atom. The van der Waals surface area contributed by atoms with Gasteiger partial charge in [0.2, 0.25) is 10.0 Å². The molecule has 1 N–H and O–H groups in total. The highest BCUT2D eigenvalue weighted by molar-refractivity contribution is 7.89. The van der Waals surface area contributed by atoms with Crippen LogP contribution in [0.1, 0.15) is 6.42 Å². The van der Waals surface area contributed by atoms with Crippen LogP contribution in [0.4, 0.5) is 0 Å². The smallest absolute Gasteiger partial charge is 0.211 e. The second kappa shape index (κ2) is 2.76. The van der Waals surface area contributed by atoms with Crippen LogP contribution < -0.4 is 4.72 Å². The van der Waals surface area contributed by atoms with Gasteiger partial charge in [0.1, 0.15) is 4.33 Å². The van der Waals surface area contributed by atoms with E-state index >= 15 is 0 Å². The Balaban J connectivity index is 2.47. The molecule has 1 rings (SSSR count). The number of halogens is 2. The molecule has 1 unspecified atom stereocenters. The summed E-state index contributed by atoms with van der Waals surface area (Å²) in [5.41, 5.74) is 0. The van der Waals surface area contributed by atoms with Gasteiger partial charge in [0.15, 0.2) is 0 Å². The maximum absolute atomic E-state index is 10.9. The minimum absolute atomic E-state index is 0.0243. The van der Waals surface area contributed by atoms with Gasteiger partial charge in [-0.05, 0) is 13.5 Å². The summed E-state index contributed by atoms with van der Waals surface area (Å²) in [5.74, 6) is -0.0838. The van der Waals surface area contributed by atoms with Crippen molar-refractivity contribution in [1.29, 1.82) is 0 Å². The lowest BCUT2D eigenvalue weighted by Crippen LogP contribution is -2.24. The first-order valence-corrected chi connectivity index (χ1v) is 5.57. The van der Waals surface area contributed by atoms with Gasteiger partial charge in [-0.2, -0.15) is 0 Å². The Morgan fingerprint density at radius 3 is 2.36 bits per heavy atom. The molecule has 0 aromatic rings. The van der Waals surface area contributed by atoms with Crippen LogP contribution in [-0.2, 0) is 10.0 Å². The van der Waals surface area contributed by atoms with E-state index in [4.69, 9.17) is 23.2 Å². The van der Waals surface area contributed by atoms with E-state index in [1.807, 2.05) is 0 Å². The molecule has 66 valence electrons. The molecule has 0 aromatic heterocycles. The van der Waals surface area contributed by atoms with Gasteiger partial charge in [-0.1, -0.05) is 0 Å². The third-order valence-electron chi connectivity index (χ3n) is 1.69. The molecule has 0 aromatic carbocycles. The molecule has 0 spiro atoms. The zero-order valence-corrected chi connectivity index (χ0v) is 8.30. The number of hydrogen-bond acceptors (Lipinski definition) is 2. The Bertz CT molecular complexity index is 249. The van der Waals surface area contributed by atoms with Crippen molar-refractivity contribution in [2.75, 3.05) is 12.8 Å². The molecular weight excluding hydrogens is 209 g/mol. The molecule has 0 bridgehead atoms. The van der Waals surface area contributed by atoms with Gasteiger partial charge in [-0.15, -0.1) is 23.2 Å². The fourth-order valence-corrected chi connectivity index (χ4v) is 2.61. The molecule has 0 saturated heterocycles. The third kappa shape index (κ3) is 2.47. The first kappa shape index (κ1) is 9.58. The molecule has 0 heterocycles. The summed E-state index contributed by atoms with van der Waals surface area (Å²) in [6.07, 6.45) is 0.566. The van der Waals surface area contributed by atoms with Gasteiger partial charge in [0, 0.05) is 5.92 Å². The van der Waals surface area contributed by atoms with E-state index in [0.29, 0.717) is 6.42 Å². The highest BCUT2D eigenvalue weighted by Crippen LogP contribution is 2.53. The van der Waals surface area contributed by atoms with Gasteiger partial charge in [-0.3, -0.25) is 0 Å². The molecule has 0 amide bonds. The van der Waals surface area contributed by atoms with E-state index in [2.05, 4.69) is 4.72 Å². The second-order valence-electron chi connectivity index (χ2n) is 2.65. The number of sulfonamides is 1. The minimum Gasteiger partial charge on any atom is -0.218 e. The normalized spacial score (nSPS) is 28.5. The summed E-state index contributed by atoms with van der Waals surface area (Å²) < 4.78 is 23.2. The van der Waals surface area contributed by atoms with Crippen molar-refractivity contribution in [3.63, 3.8) is 0 Å². The zero-order chi connectivity index (χ0) is 8.70. The predicted molar refractivity (Wildman–Crippen MR) is 45.4 cm³/mol. The van der Waals surface area contributed by atoms with Crippen molar-refractivity contribution < 1.29 is 8.42 Å². The number of hydrogen-bond donors (Lipinski definition) is 1. The van der Waals surface area contributed by atoms with Crippen LogP contribution in [0.5, 0.6) is 0 Å². The molecule has 0 aliphatic heterocycles. The summed E-state index contributed by atoms with van der Waals surface area (Å²) >= 11 is 11.3. The fraction of sp³-hybridized carbons (Fsp3) is 1.00. The quantitative estimate of drug-likeness (QED) is 0.710. The van der Waals surface area contributed by atoms with Crippen molar-refractivity contribution in [3.8, 4) is 0 Å². The van der Waals surface area contributed by atoms with Crippen LogP contribution >= 0.6 is 23.2 Å². The highest BCUT2D eigenvalue weighted by Gasteiger charge is 2.53. The lowest BCUT2D eigenvalue weighted by molar-refractivity contribution is 0.584. The summed E-state index contributed by atoms with van der Waals surface area (Å²) in [6, 6.07) is 0. The van der Waals surface area contributed by atoms with Crippen LogP contribution in [0.3, 0.4) is 0 Å². The van der Waals surface area contributed by atoms with Crippen molar-refractivity contribution in [1.82, 2.24) is 4.72 Å². The maximum atomic E-state index is 10.9. The van der Waals surface area contributed by atoms with E-state index in [1.54, 1.807) is 0 Å². The molecular formula is C5H9Cl2NO2S. The molecule has 11 heavy (non-hydrogen) atoms. The third-order valence-corrected chi connectivity index (χ3v) is 4.08. The van der Waals surface area contributed by atoms with Crippen molar-refractivity contribution in [2.45, 2.75) is 10.8 Å². The van der Waals surface area contributed by atoms with Gasteiger partial charge in [0.25, 0.3) is 0 Å². The highest BCUT2D eigenvalue weighted by atomic mass is 35.5. The Morgan fingerprint density at radius 1 is 1.64 bits per heavy atom. The van der Waals surface area contributed by atoms with E-state index in [1.165, 1.54) is 7.05 Å². The summed E-state index contributed by atoms with van der Waals surface area (Å²) in [4.78, 5) is 0. The molecule has 1 fully saturated rings. The van der Waals surface area contributed by atoms with Crippen LogP contribution in [0.2, 0.25) is 0 Å². The molecule has 1 aliphatic carbocycles. The lowest BCUT2D eigenvalue weighted by atomic mass is 10.5. The number of rotatable bonds is 3. The molecule has 0 radical (unpaired) electrons. The van der Waals surface area contributed by atoms with Crippen LogP contribution in [-0.4, -0.2) is 25.6 Å². The van der Waals surface area contributed by atoms with Crippen LogP contribution in [0, 0.1) is 5.92 Å². The van der Waals surface area contributed by atoms with E-state index in [0.717, 1.165) is 0 Å². The van der Waals surface area contributed by atoms with Gasteiger partial charge in [-0.25, -0.2) is 13.1 Å². The lowest BCUT2D eigenvalue weighted by Gasteiger charge is -2.00. The first-order valence-electron chi connectivity index (χ1n) is 3.16. The average Bonchev–Trinajstić information content (AvgIpc) is 2.39. The van der Waals surface area contributed by atoms with Gasteiger partial charge >= 0.3 is 0 Å². The first-order chi connectivity index (χ1) is 4.87. The van der Waals surface area contributed by atoms with Crippen LogP contribution in [0.25, 0.3) is 0 Å². The standard InChI is InChI=1S/C5H9Cl2NO2S/c1-8-11(9,10)3-4-2-5(4,6)7/h4,8H,2-3H2,1H3. The van der Waals surface area contributed by atoms with Crippen LogP contribution in [0.15, 0.2) is 0 Å². The molecule has 1 aliphatic rings. The molecule has 3 nitrogen and oxygen atoms in total. The fourth-order valence-electron chi connectivity index (χ4n) is 0.799.